The van der Waals surface area contributed by atoms with E-state index < -0.39 is 17.6 Å². The van der Waals surface area contributed by atoms with Crippen molar-refractivity contribution in [1.82, 2.24) is 4.90 Å². The quantitative estimate of drug-likeness (QED) is 0.471. The first-order valence-corrected chi connectivity index (χ1v) is 7.91. The summed E-state index contributed by atoms with van der Waals surface area (Å²) in [6.07, 6.45) is 1.69. The molecular formula is C17H10FNO2S2. The predicted molar refractivity (Wildman–Crippen MR) is 92.2 cm³/mol. The van der Waals surface area contributed by atoms with E-state index >= 15 is 0 Å². The number of carbonyl (C=O) groups is 2. The van der Waals surface area contributed by atoms with Gasteiger partial charge in [0.25, 0.3) is 11.8 Å². The van der Waals surface area contributed by atoms with Gasteiger partial charge in [-0.3, -0.25) is 9.59 Å². The van der Waals surface area contributed by atoms with Crippen LogP contribution in [0.25, 0.3) is 6.08 Å². The van der Waals surface area contributed by atoms with Crippen LogP contribution in [0, 0.1) is 5.82 Å². The van der Waals surface area contributed by atoms with Crippen molar-refractivity contribution in [2.45, 2.75) is 0 Å². The molecule has 0 aromatic heterocycles. The van der Waals surface area contributed by atoms with Crippen molar-refractivity contribution in [3.8, 4) is 0 Å². The molecule has 1 fully saturated rings. The number of hydrogen-bond acceptors (Lipinski definition) is 4. The molecule has 1 heterocycles. The fraction of sp³-hybridized carbons (Fsp3) is 0. The number of benzene rings is 2. The molecule has 3 nitrogen and oxygen atoms in total. The maximum atomic E-state index is 13.0. The Kier molecular flexibility index (Phi) is 4.36. The second kappa shape index (κ2) is 6.44. The number of thiocarbonyl (C=S) groups is 1. The van der Waals surface area contributed by atoms with Crippen LogP contribution < -0.4 is 0 Å². The highest BCUT2D eigenvalue weighted by Gasteiger charge is 2.37. The van der Waals surface area contributed by atoms with Crippen LogP contribution in [0.3, 0.4) is 0 Å². The second-order valence-electron chi connectivity index (χ2n) is 4.74. The van der Waals surface area contributed by atoms with Crippen LogP contribution in [0.1, 0.15) is 15.9 Å². The van der Waals surface area contributed by atoms with E-state index in [0.717, 1.165) is 22.2 Å². The molecule has 2 amide bonds. The van der Waals surface area contributed by atoms with Gasteiger partial charge in [-0.05, 0) is 35.9 Å². The number of nitrogens with zero attached hydrogens (tertiary/aromatic N) is 1. The molecule has 0 saturated carbocycles. The van der Waals surface area contributed by atoms with E-state index in [9.17, 15) is 14.0 Å². The molecule has 0 aliphatic carbocycles. The third-order valence-electron chi connectivity index (χ3n) is 3.19. The van der Waals surface area contributed by atoms with Gasteiger partial charge >= 0.3 is 0 Å². The number of rotatable bonds is 2. The van der Waals surface area contributed by atoms with E-state index in [1.807, 2.05) is 30.3 Å². The maximum Gasteiger partial charge on any atom is 0.273 e. The molecule has 6 heteroatoms. The molecule has 1 saturated heterocycles. The van der Waals surface area contributed by atoms with Gasteiger partial charge in [-0.15, -0.1) is 0 Å². The molecule has 0 spiro atoms. The molecular weight excluding hydrogens is 333 g/mol. The molecule has 1 aliphatic heterocycles. The zero-order valence-electron chi connectivity index (χ0n) is 11.7. The van der Waals surface area contributed by atoms with Crippen LogP contribution in [-0.4, -0.2) is 21.0 Å². The van der Waals surface area contributed by atoms with E-state index in [1.165, 1.54) is 24.3 Å². The lowest BCUT2D eigenvalue weighted by Gasteiger charge is -2.12. The van der Waals surface area contributed by atoms with E-state index in [0.29, 0.717) is 4.91 Å². The zero-order chi connectivity index (χ0) is 16.4. The summed E-state index contributed by atoms with van der Waals surface area (Å²) < 4.78 is 13.1. The van der Waals surface area contributed by atoms with Crippen LogP contribution in [0.15, 0.2) is 59.5 Å². The van der Waals surface area contributed by atoms with E-state index in [-0.39, 0.29) is 9.88 Å². The average Bonchev–Trinajstić information content (AvgIpc) is 2.82. The first-order chi connectivity index (χ1) is 11.1. The Morgan fingerprint density at radius 1 is 1.09 bits per heavy atom. The number of hydrogen-bond donors (Lipinski definition) is 0. The third kappa shape index (κ3) is 3.23. The lowest BCUT2D eigenvalue weighted by molar-refractivity contribution is -0.120. The second-order valence-corrected chi connectivity index (χ2v) is 6.42. The summed E-state index contributed by atoms with van der Waals surface area (Å²) in [4.78, 5) is 26.2. The minimum absolute atomic E-state index is 0.173. The molecule has 0 bridgehead atoms. The predicted octanol–water partition coefficient (Wildman–Crippen LogP) is 3.87. The van der Waals surface area contributed by atoms with Crippen molar-refractivity contribution in [2.75, 3.05) is 0 Å². The van der Waals surface area contributed by atoms with Gasteiger partial charge in [0.2, 0.25) is 0 Å². The lowest BCUT2D eigenvalue weighted by atomic mass is 10.2. The van der Waals surface area contributed by atoms with Gasteiger partial charge in [0.15, 0.2) is 4.32 Å². The topological polar surface area (TPSA) is 37.4 Å². The van der Waals surface area contributed by atoms with Gasteiger partial charge in [0.1, 0.15) is 5.82 Å². The highest BCUT2D eigenvalue weighted by Crippen LogP contribution is 2.33. The fourth-order valence-corrected chi connectivity index (χ4v) is 3.32. The van der Waals surface area contributed by atoms with Crippen LogP contribution in [-0.2, 0) is 4.79 Å². The van der Waals surface area contributed by atoms with Crippen LogP contribution in [0.4, 0.5) is 4.39 Å². The Balaban J connectivity index is 1.88. The number of imide groups is 1. The minimum Gasteiger partial charge on any atom is -0.268 e. The van der Waals surface area contributed by atoms with Gasteiger partial charge in [0, 0.05) is 5.56 Å². The van der Waals surface area contributed by atoms with Gasteiger partial charge in [-0.25, -0.2) is 9.29 Å². The van der Waals surface area contributed by atoms with Crippen LogP contribution >= 0.6 is 24.0 Å². The molecule has 114 valence electrons. The van der Waals surface area contributed by atoms with E-state index in [2.05, 4.69) is 0 Å². The van der Waals surface area contributed by atoms with Crippen LogP contribution in [0.2, 0.25) is 0 Å². The highest BCUT2D eigenvalue weighted by atomic mass is 32.2. The van der Waals surface area contributed by atoms with Crippen molar-refractivity contribution < 1.29 is 14.0 Å². The van der Waals surface area contributed by atoms with E-state index in [4.69, 9.17) is 12.2 Å². The molecule has 2 aromatic rings. The highest BCUT2D eigenvalue weighted by molar-refractivity contribution is 8.26. The van der Waals surface area contributed by atoms with Crippen molar-refractivity contribution in [3.63, 3.8) is 0 Å². The SMILES string of the molecule is O=C1/C(=C/c2ccccc2)SC(=S)N1C(=O)c1ccc(F)cc1. The summed E-state index contributed by atoms with van der Waals surface area (Å²) in [5.41, 5.74) is 1.06. The number of thioether (sulfide) groups is 1. The zero-order valence-corrected chi connectivity index (χ0v) is 13.4. The van der Waals surface area contributed by atoms with Gasteiger partial charge in [0.05, 0.1) is 4.91 Å². The lowest BCUT2D eigenvalue weighted by Crippen LogP contribution is -2.34. The molecule has 1 aliphatic rings. The summed E-state index contributed by atoms with van der Waals surface area (Å²) in [5, 5.41) is 0. The number of amides is 2. The molecule has 0 radical (unpaired) electrons. The molecule has 3 rings (SSSR count). The van der Waals surface area contributed by atoms with Gasteiger partial charge < -0.3 is 0 Å². The molecule has 0 N–H and O–H groups in total. The fourth-order valence-electron chi connectivity index (χ4n) is 2.07. The molecule has 0 unspecified atom stereocenters. The van der Waals surface area contributed by atoms with Crippen molar-refractivity contribution in [2.24, 2.45) is 0 Å². The Morgan fingerprint density at radius 2 is 1.74 bits per heavy atom. The summed E-state index contributed by atoms with van der Waals surface area (Å²) in [6.45, 7) is 0. The summed E-state index contributed by atoms with van der Waals surface area (Å²) in [7, 11) is 0. The number of carbonyl (C=O) groups excluding carboxylic acids is 2. The Bertz CT molecular complexity index is 816. The Morgan fingerprint density at radius 3 is 2.39 bits per heavy atom. The molecule has 2 aromatic carbocycles. The first-order valence-electron chi connectivity index (χ1n) is 6.69. The Labute approximate surface area is 141 Å². The average molecular weight is 343 g/mol. The van der Waals surface area contributed by atoms with Crippen molar-refractivity contribution >= 4 is 46.2 Å². The smallest absolute Gasteiger partial charge is 0.268 e. The summed E-state index contributed by atoms with van der Waals surface area (Å²) in [5.74, 6) is -1.46. The first kappa shape index (κ1) is 15.6. The molecule has 23 heavy (non-hydrogen) atoms. The minimum atomic E-state index is -0.552. The monoisotopic (exact) mass is 343 g/mol. The molecule has 0 atom stereocenters. The Hall–Kier alpha value is -2.31. The van der Waals surface area contributed by atoms with Gasteiger partial charge in [-0.2, -0.15) is 0 Å². The van der Waals surface area contributed by atoms with Gasteiger partial charge in [-0.1, -0.05) is 54.3 Å². The standard InChI is InChI=1S/C17H10FNO2S2/c18-13-8-6-12(7-9-13)15(20)19-16(21)14(23-17(19)22)10-11-4-2-1-3-5-11/h1-10H/b14-10-. The normalized spacial score (nSPS) is 16.2. The summed E-state index contributed by atoms with van der Waals surface area (Å²) in [6, 6.07) is 14.3. The van der Waals surface area contributed by atoms with Crippen LogP contribution in [0.5, 0.6) is 0 Å². The largest absolute Gasteiger partial charge is 0.273 e. The van der Waals surface area contributed by atoms with Crippen molar-refractivity contribution in [3.05, 3.63) is 76.4 Å². The summed E-state index contributed by atoms with van der Waals surface area (Å²) >= 11 is 6.22. The number of halogens is 1. The van der Waals surface area contributed by atoms with Crippen molar-refractivity contribution in [1.29, 1.82) is 0 Å². The maximum absolute atomic E-state index is 13.0. The van der Waals surface area contributed by atoms with E-state index in [1.54, 1.807) is 6.08 Å². The third-order valence-corrected chi connectivity index (χ3v) is 4.49.